The van der Waals surface area contributed by atoms with Crippen LogP contribution in [0.1, 0.15) is 31.2 Å². The summed E-state index contributed by atoms with van der Waals surface area (Å²) in [7, 11) is 0. The van der Waals surface area contributed by atoms with Gasteiger partial charge in [0.05, 0.1) is 11.3 Å². The molecular weight excluding hydrogens is 387 g/mol. The largest absolute Gasteiger partial charge is 0.416 e. The summed E-state index contributed by atoms with van der Waals surface area (Å²) in [6.45, 7) is 2.89. The van der Waals surface area contributed by atoms with Crippen LogP contribution in [0.3, 0.4) is 0 Å². The Bertz CT molecular complexity index is 790. The second kappa shape index (κ2) is 8.73. The van der Waals surface area contributed by atoms with E-state index in [0.717, 1.165) is 60.7 Å². The van der Waals surface area contributed by atoms with Crippen LogP contribution in [-0.4, -0.2) is 47.9 Å². The van der Waals surface area contributed by atoms with Crippen LogP contribution in [0.5, 0.6) is 0 Å². The lowest BCUT2D eigenvalue weighted by atomic mass is 10.1. The van der Waals surface area contributed by atoms with E-state index >= 15 is 0 Å². The number of anilines is 1. The van der Waals surface area contributed by atoms with Crippen molar-refractivity contribution in [2.75, 3.05) is 31.2 Å². The van der Waals surface area contributed by atoms with E-state index in [1.807, 2.05) is 0 Å². The number of nitrogens with one attached hydrogen (secondary N) is 1. The minimum Gasteiger partial charge on any atom is -0.403 e. The molecule has 2 heterocycles. The summed E-state index contributed by atoms with van der Waals surface area (Å²) in [6, 6.07) is 3.59. The van der Waals surface area contributed by atoms with Crippen LogP contribution in [0.2, 0.25) is 0 Å². The van der Waals surface area contributed by atoms with Crippen LogP contribution in [0.4, 0.5) is 23.7 Å². The molecule has 0 saturated carbocycles. The summed E-state index contributed by atoms with van der Waals surface area (Å²) in [5.74, 6) is -0.598. The molecule has 7 nitrogen and oxygen atoms in total. The van der Waals surface area contributed by atoms with Gasteiger partial charge in [-0.1, -0.05) is 12.5 Å². The van der Waals surface area contributed by atoms with Gasteiger partial charge < -0.3 is 10.6 Å². The van der Waals surface area contributed by atoms with Crippen molar-refractivity contribution in [3.8, 4) is 0 Å². The molecule has 2 fully saturated rings. The molecule has 3 N–H and O–H groups in total. The lowest BCUT2D eigenvalue weighted by Gasteiger charge is -2.36. The Morgan fingerprint density at radius 3 is 2.48 bits per heavy atom. The predicted octanol–water partition coefficient (Wildman–Crippen LogP) is 2.65. The highest BCUT2D eigenvalue weighted by Gasteiger charge is 2.37. The van der Waals surface area contributed by atoms with Crippen molar-refractivity contribution in [3.63, 3.8) is 0 Å². The van der Waals surface area contributed by atoms with E-state index in [9.17, 15) is 22.8 Å². The average molecular weight is 411 g/mol. The van der Waals surface area contributed by atoms with Gasteiger partial charge in [-0.3, -0.25) is 15.1 Å². The molecule has 3 amide bonds. The second-order valence-electron chi connectivity index (χ2n) is 7.07. The molecule has 0 aromatic heterocycles. The van der Waals surface area contributed by atoms with Gasteiger partial charge in [-0.15, -0.1) is 0 Å². The van der Waals surface area contributed by atoms with Gasteiger partial charge in [0.1, 0.15) is 5.70 Å². The average Bonchev–Trinajstić information content (AvgIpc) is 2.71. The zero-order chi connectivity index (χ0) is 21.0. The predicted molar refractivity (Wildman–Crippen MR) is 101 cm³/mol. The molecule has 0 unspecified atom stereocenters. The number of hydrogen-bond acceptors (Lipinski definition) is 5. The molecule has 2 aliphatic rings. The molecule has 0 aliphatic carbocycles. The Kier molecular flexibility index (Phi) is 6.31. The lowest BCUT2D eigenvalue weighted by molar-refractivity contribution is -0.137. The number of nitrogens with two attached hydrogens (primary N) is 1. The van der Waals surface area contributed by atoms with E-state index in [-0.39, 0.29) is 17.9 Å². The van der Waals surface area contributed by atoms with Gasteiger partial charge in [0.15, 0.2) is 0 Å². The molecule has 0 spiro atoms. The topological polar surface area (TPSA) is 81.9 Å². The summed E-state index contributed by atoms with van der Waals surface area (Å²) >= 11 is 0. The van der Waals surface area contributed by atoms with Gasteiger partial charge in [0, 0.05) is 12.7 Å². The third-order valence-corrected chi connectivity index (χ3v) is 5.03. The van der Waals surface area contributed by atoms with Crippen LogP contribution in [0, 0.1) is 0 Å². The first-order valence-corrected chi connectivity index (χ1v) is 9.55. The maximum absolute atomic E-state index is 13.0. The SMILES string of the molecule is N/C=C1/NN(c2cccc(C(F)(F)F)c2)C(=O)N(CCCN2CCCCC2)C1=O. The van der Waals surface area contributed by atoms with Gasteiger partial charge in [0.25, 0.3) is 5.91 Å². The van der Waals surface area contributed by atoms with E-state index in [2.05, 4.69) is 10.3 Å². The molecule has 2 aliphatic heterocycles. The van der Waals surface area contributed by atoms with Crippen LogP contribution in [0.15, 0.2) is 36.2 Å². The molecule has 3 rings (SSSR count). The van der Waals surface area contributed by atoms with Crippen LogP contribution < -0.4 is 16.2 Å². The molecule has 10 heteroatoms. The quantitative estimate of drug-likeness (QED) is 0.728. The first kappa shape index (κ1) is 21.0. The maximum Gasteiger partial charge on any atom is 0.416 e. The van der Waals surface area contributed by atoms with E-state index in [4.69, 9.17) is 5.73 Å². The highest BCUT2D eigenvalue weighted by molar-refractivity contribution is 6.11. The highest BCUT2D eigenvalue weighted by Crippen LogP contribution is 2.32. The van der Waals surface area contributed by atoms with Gasteiger partial charge >= 0.3 is 12.2 Å². The van der Waals surface area contributed by atoms with E-state index in [1.54, 1.807) is 0 Å². The Labute approximate surface area is 166 Å². The monoisotopic (exact) mass is 411 g/mol. The molecule has 2 saturated heterocycles. The molecule has 0 atom stereocenters. The standard InChI is InChI=1S/C19H24F3N5O2/c20-19(21,22)14-6-4-7-15(12-14)27-18(29)26(17(28)16(13-23)24-27)11-5-10-25-8-2-1-3-9-25/h4,6-7,12-13,24H,1-3,5,8-11,23H2/b16-13+. The molecule has 158 valence electrons. The summed E-state index contributed by atoms with van der Waals surface area (Å²) in [6.07, 6.45) is 0.510. The zero-order valence-electron chi connectivity index (χ0n) is 15.9. The number of likely N-dealkylation sites (tertiary alicyclic amines) is 1. The fraction of sp³-hybridized carbons (Fsp3) is 0.474. The molecule has 0 bridgehead atoms. The van der Waals surface area contributed by atoms with Crippen molar-refractivity contribution in [1.82, 2.24) is 15.2 Å². The number of amides is 3. The summed E-state index contributed by atoms with van der Waals surface area (Å²) in [5.41, 5.74) is 7.01. The number of carbonyl (C=O) groups is 2. The van der Waals surface area contributed by atoms with Crippen molar-refractivity contribution in [1.29, 1.82) is 0 Å². The number of carbonyl (C=O) groups excluding carboxylic acids is 2. The first-order chi connectivity index (χ1) is 13.8. The zero-order valence-corrected chi connectivity index (χ0v) is 15.9. The molecule has 29 heavy (non-hydrogen) atoms. The smallest absolute Gasteiger partial charge is 0.403 e. The van der Waals surface area contributed by atoms with Crippen LogP contribution in [0.25, 0.3) is 0 Å². The van der Waals surface area contributed by atoms with E-state index in [1.165, 1.54) is 18.6 Å². The number of nitrogens with zero attached hydrogens (tertiary/aromatic N) is 3. The number of alkyl halides is 3. The van der Waals surface area contributed by atoms with Gasteiger partial charge in [-0.2, -0.15) is 13.2 Å². The van der Waals surface area contributed by atoms with Crippen LogP contribution >= 0.6 is 0 Å². The molecule has 0 radical (unpaired) electrons. The fourth-order valence-electron chi connectivity index (χ4n) is 3.51. The Balaban J connectivity index is 1.75. The van der Waals surface area contributed by atoms with Crippen molar-refractivity contribution >= 4 is 17.6 Å². The normalized spacial score (nSPS) is 20.3. The van der Waals surface area contributed by atoms with Crippen molar-refractivity contribution < 1.29 is 22.8 Å². The van der Waals surface area contributed by atoms with Gasteiger partial charge in [-0.05, 0) is 57.1 Å². The summed E-state index contributed by atoms with van der Waals surface area (Å²) in [5, 5.41) is 0.913. The number of rotatable bonds is 5. The number of benzene rings is 1. The summed E-state index contributed by atoms with van der Waals surface area (Å²) in [4.78, 5) is 28.7. The number of imide groups is 1. The summed E-state index contributed by atoms with van der Waals surface area (Å²) < 4.78 is 39.1. The highest BCUT2D eigenvalue weighted by atomic mass is 19.4. The van der Waals surface area contributed by atoms with Crippen LogP contribution in [-0.2, 0) is 11.0 Å². The van der Waals surface area contributed by atoms with E-state index in [0.29, 0.717) is 6.42 Å². The minimum absolute atomic E-state index is 0.0299. The van der Waals surface area contributed by atoms with Gasteiger partial charge in [0.2, 0.25) is 0 Å². The number of hydrazine groups is 1. The number of hydrogen-bond donors (Lipinski definition) is 2. The first-order valence-electron chi connectivity index (χ1n) is 9.55. The van der Waals surface area contributed by atoms with Crippen molar-refractivity contribution in [2.45, 2.75) is 31.9 Å². The fourth-order valence-corrected chi connectivity index (χ4v) is 3.51. The van der Waals surface area contributed by atoms with Gasteiger partial charge in [-0.25, -0.2) is 9.80 Å². The Morgan fingerprint density at radius 1 is 1.10 bits per heavy atom. The maximum atomic E-state index is 13.0. The number of piperidine rings is 1. The molecule has 1 aromatic carbocycles. The Morgan fingerprint density at radius 2 is 1.83 bits per heavy atom. The van der Waals surface area contributed by atoms with Crippen molar-refractivity contribution in [2.24, 2.45) is 5.73 Å². The number of halogens is 3. The molecule has 1 aromatic rings. The van der Waals surface area contributed by atoms with Crippen molar-refractivity contribution in [3.05, 3.63) is 41.7 Å². The van der Waals surface area contributed by atoms with E-state index < -0.39 is 23.7 Å². The number of urea groups is 1. The second-order valence-corrected chi connectivity index (χ2v) is 7.07. The minimum atomic E-state index is -4.55. The lowest BCUT2D eigenvalue weighted by Crippen LogP contribution is -2.60. The third kappa shape index (κ3) is 4.81. The molecular formula is C19H24F3N5O2. The Hall–Kier alpha value is -2.75. The third-order valence-electron chi connectivity index (χ3n) is 5.03.